The van der Waals surface area contributed by atoms with Gasteiger partial charge in [0.2, 0.25) is 0 Å². The molecular formula is C13H20BrNO. The molecule has 0 saturated heterocycles. The fraction of sp³-hybridized carbons (Fsp3) is 0.538. The van der Waals surface area contributed by atoms with Crippen LogP contribution in [0.5, 0.6) is 5.75 Å². The van der Waals surface area contributed by atoms with Gasteiger partial charge in [0, 0.05) is 4.47 Å². The molecule has 0 heterocycles. The number of hydrogen-bond donors (Lipinski definition) is 1. The van der Waals surface area contributed by atoms with Crippen molar-refractivity contribution in [3.05, 3.63) is 22.2 Å². The monoisotopic (exact) mass is 285 g/mol. The van der Waals surface area contributed by atoms with Crippen LogP contribution >= 0.6 is 15.9 Å². The summed E-state index contributed by atoms with van der Waals surface area (Å²) in [5.74, 6) is 1.44. The zero-order chi connectivity index (χ0) is 12.1. The number of halogens is 1. The molecule has 1 aromatic carbocycles. The van der Waals surface area contributed by atoms with Gasteiger partial charge in [-0.15, -0.1) is 0 Å². The van der Waals surface area contributed by atoms with Crippen LogP contribution in [0, 0.1) is 12.8 Å². The van der Waals surface area contributed by atoms with Gasteiger partial charge in [0.25, 0.3) is 0 Å². The molecular weight excluding hydrogens is 266 g/mol. The normalized spacial score (nSPS) is 10.8. The first-order chi connectivity index (χ1) is 7.58. The van der Waals surface area contributed by atoms with Crippen LogP contribution in [-0.2, 0) is 0 Å². The van der Waals surface area contributed by atoms with E-state index in [1.807, 2.05) is 19.1 Å². The Kier molecular flexibility index (Phi) is 5.13. The number of aryl methyl sites for hydroxylation is 1. The predicted molar refractivity (Wildman–Crippen MR) is 72.9 cm³/mol. The molecule has 2 nitrogen and oxygen atoms in total. The first kappa shape index (κ1) is 13.4. The highest BCUT2D eigenvalue weighted by Crippen LogP contribution is 2.30. The fourth-order valence-corrected chi connectivity index (χ4v) is 2.27. The summed E-state index contributed by atoms with van der Waals surface area (Å²) >= 11 is 3.42. The first-order valence-corrected chi connectivity index (χ1v) is 6.56. The van der Waals surface area contributed by atoms with E-state index < -0.39 is 0 Å². The van der Waals surface area contributed by atoms with Crippen molar-refractivity contribution in [3.63, 3.8) is 0 Å². The second-order valence-corrected chi connectivity index (χ2v) is 5.05. The van der Waals surface area contributed by atoms with Crippen LogP contribution in [0.2, 0.25) is 0 Å². The molecule has 0 unspecified atom stereocenters. The molecule has 0 aliphatic carbocycles. The van der Waals surface area contributed by atoms with E-state index in [9.17, 15) is 0 Å². The van der Waals surface area contributed by atoms with Crippen molar-refractivity contribution in [1.29, 1.82) is 0 Å². The summed E-state index contributed by atoms with van der Waals surface area (Å²) < 4.78 is 6.82. The molecule has 0 aliphatic heterocycles. The largest absolute Gasteiger partial charge is 0.491 e. The van der Waals surface area contributed by atoms with E-state index >= 15 is 0 Å². The Hall–Kier alpha value is -0.700. The lowest BCUT2D eigenvalue weighted by molar-refractivity contribution is 0.240. The van der Waals surface area contributed by atoms with Gasteiger partial charge in [0.1, 0.15) is 5.75 Å². The first-order valence-electron chi connectivity index (χ1n) is 5.76. The number of hydrogen-bond acceptors (Lipinski definition) is 2. The SMILES string of the molecule is CCC(CC)COc1c(C)cc(Br)cc1N. The maximum atomic E-state index is 5.94. The molecule has 0 aromatic heterocycles. The lowest BCUT2D eigenvalue weighted by atomic mass is 10.1. The molecule has 90 valence electrons. The van der Waals surface area contributed by atoms with Crippen LogP contribution in [0.4, 0.5) is 5.69 Å². The van der Waals surface area contributed by atoms with Gasteiger partial charge in [-0.3, -0.25) is 0 Å². The van der Waals surface area contributed by atoms with Gasteiger partial charge in [0.05, 0.1) is 12.3 Å². The Morgan fingerprint density at radius 2 is 1.94 bits per heavy atom. The Morgan fingerprint density at radius 3 is 2.44 bits per heavy atom. The standard InChI is InChI=1S/C13H20BrNO/c1-4-10(5-2)8-16-13-9(3)6-11(14)7-12(13)15/h6-7,10H,4-5,8,15H2,1-3H3. The summed E-state index contributed by atoms with van der Waals surface area (Å²) in [7, 11) is 0. The number of rotatable bonds is 5. The zero-order valence-corrected chi connectivity index (χ0v) is 11.8. The van der Waals surface area contributed by atoms with E-state index in [0.29, 0.717) is 11.6 Å². The predicted octanol–water partition coefficient (Wildman–Crippen LogP) is 4.15. The number of ether oxygens (including phenoxy) is 1. The van der Waals surface area contributed by atoms with Crippen molar-refractivity contribution in [3.8, 4) is 5.75 Å². The number of benzene rings is 1. The molecule has 1 aromatic rings. The van der Waals surface area contributed by atoms with E-state index in [2.05, 4.69) is 29.8 Å². The quantitative estimate of drug-likeness (QED) is 0.825. The Bertz CT molecular complexity index is 325. The summed E-state index contributed by atoms with van der Waals surface area (Å²) in [5.41, 5.74) is 7.72. The maximum absolute atomic E-state index is 5.94. The number of nitrogen functional groups attached to an aromatic ring is 1. The summed E-state index contributed by atoms with van der Waals surface area (Å²) in [4.78, 5) is 0. The Labute approximate surface area is 106 Å². The molecule has 0 saturated carbocycles. The maximum Gasteiger partial charge on any atom is 0.145 e. The highest BCUT2D eigenvalue weighted by atomic mass is 79.9. The molecule has 16 heavy (non-hydrogen) atoms. The Balaban J connectivity index is 2.74. The van der Waals surface area contributed by atoms with Gasteiger partial charge in [0.15, 0.2) is 0 Å². The van der Waals surface area contributed by atoms with E-state index in [1.54, 1.807) is 0 Å². The molecule has 0 amide bonds. The molecule has 0 fully saturated rings. The Morgan fingerprint density at radius 1 is 1.31 bits per heavy atom. The van der Waals surface area contributed by atoms with E-state index in [-0.39, 0.29) is 0 Å². The highest BCUT2D eigenvalue weighted by Gasteiger charge is 2.09. The topological polar surface area (TPSA) is 35.2 Å². The van der Waals surface area contributed by atoms with Crippen molar-refractivity contribution in [2.45, 2.75) is 33.6 Å². The van der Waals surface area contributed by atoms with Crippen molar-refractivity contribution >= 4 is 21.6 Å². The average Bonchev–Trinajstić information content (AvgIpc) is 2.22. The number of nitrogens with two attached hydrogens (primary N) is 1. The molecule has 3 heteroatoms. The van der Waals surface area contributed by atoms with Crippen LogP contribution in [0.3, 0.4) is 0 Å². The van der Waals surface area contributed by atoms with E-state index in [4.69, 9.17) is 10.5 Å². The third-order valence-electron chi connectivity index (χ3n) is 2.89. The second kappa shape index (κ2) is 6.14. The molecule has 0 bridgehead atoms. The second-order valence-electron chi connectivity index (χ2n) is 4.13. The van der Waals surface area contributed by atoms with E-state index in [0.717, 1.165) is 35.2 Å². The summed E-state index contributed by atoms with van der Waals surface area (Å²) in [6.07, 6.45) is 2.29. The van der Waals surface area contributed by atoms with Crippen molar-refractivity contribution in [2.75, 3.05) is 12.3 Å². The smallest absolute Gasteiger partial charge is 0.145 e. The van der Waals surface area contributed by atoms with Gasteiger partial charge < -0.3 is 10.5 Å². The minimum Gasteiger partial charge on any atom is -0.491 e. The molecule has 0 aliphatic rings. The van der Waals surface area contributed by atoms with Gasteiger partial charge in [-0.2, -0.15) is 0 Å². The van der Waals surface area contributed by atoms with Gasteiger partial charge in [-0.05, 0) is 30.5 Å². The molecule has 1 rings (SSSR count). The average molecular weight is 286 g/mol. The molecule has 0 radical (unpaired) electrons. The minimum absolute atomic E-state index is 0.613. The van der Waals surface area contributed by atoms with Gasteiger partial charge >= 0.3 is 0 Å². The van der Waals surface area contributed by atoms with Crippen molar-refractivity contribution < 1.29 is 4.74 Å². The van der Waals surface area contributed by atoms with Crippen LogP contribution in [0.1, 0.15) is 32.3 Å². The molecule has 0 spiro atoms. The van der Waals surface area contributed by atoms with Gasteiger partial charge in [-0.25, -0.2) is 0 Å². The van der Waals surface area contributed by atoms with Crippen molar-refractivity contribution in [1.82, 2.24) is 0 Å². The minimum atomic E-state index is 0.613. The molecule has 2 N–H and O–H groups in total. The van der Waals surface area contributed by atoms with Crippen LogP contribution < -0.4 is 10.5 Å². The van der Waals surface area contributed by atoms with Gasteiger partial charge in [-0.1, -0.05) is 42.6 Å². The van der Waals surface area contributed by atoms with Crippen LogP contribution in [0.15, 0.2) is 16.6 Å². The number of anilines is 1. The third kappa shape index (κ3) is 3.41. The lowest BCUT2D eigenvalue weighted by Gasteiger charge is -2.17. The highest BCUT2D eigenvalue weighted by molar-refractivity contribution is 9.10. The van der Waals surface area contributed by atoms with E-state index in [1.165, 1.54) is 0 Å². The fourth-order valence-electron chi connectivity index (χ4n) is 1.68. The lowest BCUT2D eigenvalue weighted by Crippen LogP contribution is -2.11. The van der Waals surface area contributed by atoms with Crippen molar-refractivity contribution in [2.24, 2.45) is 5.92 Å². The van der Waals surface area contributed by atoms with Crippen LogP contribution in [0.25, 0.3) is 0 Å². The summed E-state index contributed by atoms with van der Waals surface area (Å²) in [6, 6.07) is 3.91. The third-order valence-corrected chi connectivity index (χ3v) is 3.34. The summed E-state index contributed by atoms with van der Waals surface area (Å²) in [5, 5.41) is 0. The summed E-state index contributed by atoms with van der Waals surface area (Å²) in [6.45, 7) is 7.15. The van der Waals surface area contributed by atoms with Crippen LogP contribution in [-0.4, -0.2) is 6.61 Å². The molecule has 0 atom stereocenters. The zero-order valence-electron chi connectivity index (χ0n) is 10.2.